The normalized spacial score (nSPS) is 9.60. The van der Waals surface area contributed by atoms with Gasteiger partial charge in [0.05, 0.1) is 24.1 Å². The van der Waals surface area contributed by atoms with Crippen LogP contribution in [0.15, 0.2) is 5.38 Å². The van der Waals surface area contributed by atoms with Gasteiger partial charge in [0.2, 0.25) is 5.91 Å². The molecule has 0 unspecified atom stereocenters. The molecule has 1 rings (SSSR count). The van der Waals surface area contributed by atoms with Crippen molar-refractivity contribution in [2.75, 3.05) is 11.5 Å². The van der Waals surface area contributed by atoms with E-state index < -0.39 is 0 Å². The summed E-state index contributed by atoms with van der Waals surface area (Å²) in [5.41, 5.74) is 0.975. The van der Waals surface area contributed by atoms with E-state index in [0.29, 0.717) is 18.1 Å². The lowest BCUT2D eigenvalue weighted by Gasteiger charge is -2.00. The zero-order valence-corrected chi connectivity index (χ0v) is 9.95. The molecule has 0 aliphatic carbocycles. The average Bonchev–Trinajstić information content (AvgIpc) is 2.62. The number of hydrogen-bond acceptors (Lipinski definition) is 5. The van der Waals surface area contributed by atoms with Crippen LogP contribution in [0, 0.1) is 18.3 Å². The van der Waals surface area contributed by atoms with Crippen LogP contribution in [-0.4, -0.2) is 22.4 Å². The molecule has 0 radical (unpaired) electrons. The third kappa shape index (κ3) is 4.81. The molecule has 6 heteroatoms. The Bertz CT molecular complexity index is 370. The van der Waals surface area contributed by atoms with E-state index in [1.807, 2.05) is 18.4 Å². The predicted octanol–water partition coefficient (Wildman–Crippen LogP) is 1.32. The molecule has 0 atom stereocenters. The maximum Gasteiger partial charge on any atom is 0.230 e. The van der Waals surface area contributed by atoms with Gasteiger partial charge in [-0.05, 0) is 6.92 Å². The molecule has 0 aliphatic heterocycles. The molecule has 0 aliphatic rings. The number of nitrogens with zero attached hydrogens (tertiary/aromatic N) is 2. The SMILES string of the molecule is Cc1csc(CNC(=O)CSCC#N)n1. The van der Waals surface area contributed by atoms with Crippen LogP contribution in [0.4, 0.5) is 0 Å². The lowest BCUT2D eigenvalue weighted by atomic mass is 10.5. The van der Waals surface area contributed by atoms with E-state index in [1.54, 1.807) is 0 Å². The van der Waals surface area contributed by atoms with Gasteiger partial charge in [-0.25, -0.2) is 4.98 Å². The fraction of sp³-hybridized carbons (Fsp3) is 0.444. The van der Waals surface area contributed by atoms with Crippen LogP contribution in [0.5, 0.6) is 0 Å². The maximum absolute atomic E-state index is 11.2. The second-order valence-corrected chi connectivity index (χ2v) is 4.74. The topological polar surface area (TPSA) is 65.8 Å². The lowest BCUT2D eigenvalue weighted by Crippen LogP contribution is -2.24. The number of nitrogens with one attached hydrogen (secondary N) is 1. The highest BCUT2D eigenvalue weighted by atomic mass is 32.2. The van der Waals surface area contributed by atoms with Gasteiger partial charge in [-0.1, -0.05) is 0 Å². The van der Waals surface area contributed by atoms with Gasteiger partial charge >= 0.3 is 0 Å². The molecule has 0 bridgehead atoms. The molecule has 0 spiro atoms. The summed E-state index contributed by atoms with van der Waals surface area (Å²) in [4.78, 5) is 15.5. The molecular formula is C9H11N3OS2. The molecule has 1 aromatic heterocycles. The van der Waals surface area contributed by atoms with Crippen LogP contribution in [0.2, 0.25) is 0 Å². The molecule has 1 aromatic rings. The van der Waals surface area contributed by atoms with Crippen molar-refractivity contribution in [1.82, 2.24) is 10.3 Å². The van der Waals surface area contributed by atoms with Crippen LogP contribution in [-0.2, 0) is 11.3 Å². The first-order valence-corrected chi connectivity index (χ1v) is 6.38. The van der Waals surface area contributed by atoms with Crippen molar-refractivity contribution in [2.24, 2.45) is 0 Å². The van der Waals surface area contributed by atoms with Gasteiger partial charge in [0.1, 0.15) is 5.01 Å². The summed E-state index contributed by atoms with van der Waals surface area (Å²) in [7, 11) is 0. The van der Waals surface area contributed by atoms with Crippen LogP contribution in [0.25, 0.3) is 0 Å². The summed E-state index contributed by atoms with van der Waals surface area (Å²) in [5.74, 6) is 0.630. The van der Waals surface area contributed by atoms with E-state index in [0.717, 1.165) is 10.7 Å². The molecule has 4 nitrogen and oxygen atoms in total. The van der Waals surface area contributed by atoms with E-state index in [2.05, 4.69) is 10.3 Å². The lowest BCUT2D eigenvalue weighted by molar-refractivity contribution is -0.118. The number of rotatable bonds is 5. The van der Waals surface area contributed by atoms with Gasteiger partial charge in [0, 0.05) is 11.1 Å². The Morgan fingerprint density at radius 1 is 1.80 bits per heavy atom. The standard InChI is InChI=1S/C9H11N3OS2/c1-7-5-15-9(12-7)4-11-8(13)6-14-3-2-10/h5H,3-4,6H2,1H3,(H,11,13). The second-order valence-electron chi connectivity index (χ2n) is 2.81. The zero-order valence-electron chi connectivity index (χ0n) is 8.32. The van der Waals surface area contributed by atoms with Gasteiger partial charge in [-0.2, -0.15) is 5.26 Å². The second kappa shape index (κ2) is 6.43. The largest absolute Gasteiger partial charge is 0.349 e. The summed E-state index contributed by atoms with van der Waals surface area (Å²) in [5, 5.41) is 13.9. The molecule has 80 valence electrons. The highest BCUT2D eigenvalue weighted by Gasteiger charge is 2.03. The Morgan fingerprint density at radius 2 is 2.60 bits per heavy atom. The number of hydrogen-bond donors (Lipinski definition) is 1. The number of thiazole rings is 1. The Labute approximate surface area is 96.7 Å². The molecule has 1 amide bonds. The van der Waals surface area contributed by atoms with Gasteiger partial charge in [0.15, 0.2) is 0 Å². The van der Waals surface area contributed by atoms with Gasteiger partial charge in [0.25, 0.3) is 0 Å². The van der Waals surface area contributed by atoms with Crippen molar-refractivity contribution in [2.45, 2.75) is 13.5 Å². The minimum absolute atomic E-state index is 0.0527. The fourth-order valence-electron chi connectivity index (χ4n) is 0.898. The Morgan fingerprint density at radius 3 is 3.20 bits per heavy atom. The monoisotopic (exact) mass is 241 g/mol. The molecule has 0 saturated heterocycles. The molecule has 0 fully saturated rings. The predicted molar refractivity (Wildman–Crippen MR) is 61.6 cm³/mol. The Balaban J connectivity index is 2.20. The Hall–Kier alpha value is -1.06. The number of carbonyl (C=O) groups excluding carboxylic acids is 1. The molecular weight excluding hydrogens is 230 g/mol. The first-order valence-electron chi connectivity index (χ1n) is 4.35. The van der Waals surface area contributed by atoms with Crippen molar-refractivity contribution < 1.29 is 4.79 Å². The van der Waals surface area contributed by atoms with Crippen molar-refractivity contribution in [1.29, 1.82) is 5.26 Å². The van der Waals surface area contributed by atoms with Crippen molar-refractivity contribution in [3.8, 4) is 6.07 Å². The third-order valence-corrected chi connectivity index (χ3v) is 3.27. The Kier molecular flexibility index (Phi) is 5.15. The molecule has 15 heavy (non-hydrogen) atoms. The maximum atomic E-state index is 11.2. The van der Waals surface area contributed by atoms with Crippen LogP contribution < -0.4 is 5.32 Å². The molecule has 1 heterocycles. The van der Waals surface area contributed by atoms with E-state index in [-0.39, 0.29) is 5.91 Å². The number of amides is 1. The number of thioether (sulfide) groups is 1. The first-order chi connectivity index (χ1) is 7.22. The van der Waals surface area contributed by atoms with E-state index in [1.165, 1.54) is 23.1 Å². The fourth-order valence-corrected chi connectivity index (χ4v) is 2.09. The molecule has 0 saturated carbocycles. The zero-order chi connectivity index (χ0) is 11.1. The minimum atomic E-state index is -0.0527. The summed E-state index contributed by atoms with van der Waals surface area (Å²) < 4.78 is 0. The van der Waals surface area contributed by atoms with Gasteiger partial charge < -0.3 is 5.32 Å². The molecule has 0 aromatic carbocycles. The summed E-state index contributed by atoms with van der Waals surface area (Å²) in [6.07, 6.45) is 0. The van der Waals surface area contributed by atoms with Gasteiger partial charge in [-0.3, -0.25) is 4.79 Å². The van der Waals surface area contributed by atoms with Gasteiger partial charge in [-0.15, -0.1) is 23.1 Å². The van der Waals surface area contributed by atoms with E-state index >= 15 is 0 Å². The van der Waals surface area contributed by atoms with Crippen molar-refractivity contribution in [3.05, 3.63) is 16.1 Å². The number of nitriles is 1. The average molecular weight is 241 g/mol. The van der Waals surface area contributed by atoms with Crippen LogP contribution in [0.1, 0.15) is 10.7 Å². The summed E-state index contributed by atoms with van der Waals surface area (Å²) >= 11 is 2.85. The minimum Gasteiger partial charge on any atom is -0.349 e. The van der Waals surface area contributed by atoms with Crippen molar-refractivity contribution in [3.63, 3.8) is 0 Å². The summed E-state index contributed by atoms with van der Waals surface area (Å²) in [6, 6.07) is 1.97. The molecule has 1 N–H and O–H groups in total. The van der Waals surface area contributed by atoms with Crippen molar-refractivity contribution >= 4 is 29.0 Å². The number of aromatic nitrogens is 1. The highest BCUT2D eigenvalue weighted by molar-refractivity contribution is 8.00. The van der Waals surface area contributed by atoms with E-state index in [9.17, 15) is 4.79 Å². The number of carbonyl (C=O) groups is 1. The number of aryl methyl sites for hydroxylation is 1. The first kappa shape index (κ1) is 12.0. The van der Waals surface area contributed by atoms with Crippen LogP contribution in [0.3, 0.4) is 0 Å². The smallest absolute Gasteiger partial charge is 0.230 e. The quantitative estimate of drug-likeness (QED) is 0.790. The summed E-state index contributed by atoms with van der Waals surface area (Å²) in [6.45, 7) is 2.40. The van der Waals surface area contributed by atoms with Crippen LogP contribution >= 0.6 is 23.1 Å². The third-order valence-electron chi connectivity index (χ3n) is 1.50. The highest BCUT2D eigenvalue weighted by Crippen LogP contribution is 2.07. The van der Waals surface area contributed by atoms with E-state index in [4.69, 9.17) is 5.26 Å².